The molecule has 2 aromatic carbocycles. The lowest BCUT2D eigenvalue weighted by Crippen LogP contribution is -2.19. The van der Waals surface area contributed by atoms with Crippen LogP contribution in [-0.2, 0) is 10.0 Å². The van der Waals surface area contributed by atoms with E-state index in [2.05, 4.69) is 24.9 Å². The van der Waals surface area contributed by atoms with Gasteiger partial charge in [0.15, 0.2) is 0 Å². The minimum Gasteiger partial charge on any atom is -0.356 e. The van der Waals surface area contributed by atoms with Crippen molar-refractivity contribution in [2.75, 3.05) is 28.0 Å². The molecule has 1 fully saturated rings. The fourth-order valence-corrected chi connectivity index (χ4v) is 4.36. The lowest BCUT2D eigenvalue weighted by molar-refractivity contribution is 0.601. The normalized spacial score (nSPS) is 14.0. The van der Waals surface area contributed by atoms with Gasteiger partial charge < -0.3 is 10.2 Å². The molecule has 29 heavy (non-hydrogen) atoms. The van der Waals surface area contributed by atoms with Crippen LogP contribution in [0.2, 0.25) is 0 Å². The number of hydrogen-bond acceptors (Lipinski definition) is 6. The molecule has 1 aliphatic rings. The van der Waals surface area contributed by atoms with Crippen LogP contribution < -0.4 is 14.9 Å². The average molecular weight is 410 g/mol. The number of nitrogens with zero attached hydrogens (tertiary/aromatic N) is 3. The summed E-state index contributed by atoms with van der Waals surface area (Å²) in [4.78, 5) is 11.6. The van der Waals surface area contributed by atoms with Gasteiger partial charge >= 0.3 is 0 Å². The zero-order valence-corrected chi connectivity index (χ0v) is 17.0. The minimum absolute atomic E-state index is 0.227. The van der Waals surface area contributed by atoms with E-state index in [4.69, 9.17) is 0 Å². The Balaban J connectivity index is 1.47. The molecule has 0 saturated carbocycles. The highest BCUT2D eigenvalue weighted by molar-refractivity contribution is 7.92. The Labute approximate surface area is 170 Å². The predicted octanol–water partition coefficient (Wildman–Crippen LogP) is 3.93. The standard InChI is InChI=1S/C21H23N5O2S/c1-16-15-20(26-13-5-6-14-26)24-21(22-16)23-17-9-11-18(12-10-17)25-29(27,28)19-7-3-2-4-8-19/h2-4,7-12,15,25H,5-6,13-14H2,1H3,(H,22,23,24). The number of sulfonamides is 1. The molecular formula is C21H23N5O2S. The summed E-state index contributed by atoms with van der Waals surface area (Å²) >= 11 is 0. The lowest BCUT2D eigenvalue weighted by Gasteiger charge is -2.17. The van der Waals surface area contributed by atoms with Gasteiger partial charge in [-0.15, -0.1) is 0 Å². The minimum atomic E-state index is -3.61. The van der Waals surface area contributed by atoms with Crippen molar-refractivity contribution in [1.82, 2.24) is 9.97 Å². The van der Waals surface area contributed by atoms with Crippen LogP contribution in [0.15, 0.2) is 65.6 Å². The summed E-state index contributed by atoms with van der Waals surface area (Å²) in [6.07, 6.45) is 2.37. The third-order valence-electron chi connectivity index (χ3n) is 4.72. The first-order valence-corrected chi connectivity index (χ1v) is 11.0. The molecule has 0 aliphatic carbocycles. The molecule has 8 heteroatoms. The highest BCUT2D eigenvalue weighted by atomic mass is 32.2. The summed E-state index contributed by atoms with van der Waals surface area (Å²) < 4.78 is 27.4. The third-order valence-corrected chi connectivity index (χ3v) is 6.11. The molecule has 2 N–H and O–H groups in total. The lowest BCUT2D eigenvalue weighted by atomic mass is 10.3. The Morgan fingerprint density at radius 3 is 2.24 bits per heavy atom. The van der Waals surface area contributed by atoms with Gasteiger partial charge in [0.25, 0.3) is 10.0 Å². The van der Waals surface area contributed by atoms with Gasteiger partial charge in [-0.1, -0.05) is 18.2 Å². The highest BCUT2D eigenvalue weighted by Crippen LogP contribution is 2.23. The number of benzene rings is 2. The fraction of sp³-hybridized carbons (Fsp3) is 0.238. The average Bonchev–Trinajstić information content (AvgIpc) is 3.25. The van der Waals surface area contributed by atoms with Crippen LogP contribution in [0.4, 0.5) is 23.1 Å². The van der Waals surface area contributed by atoms with Gasteiger partial charge in [0, 0.05) is 36.2 Å². The number of hydrogen-bond donors (Lipinski definition) is 2. The van der Waals surface area contributed by atoms with E-state index >= 15 is 0 Å². The summed E-state index contributed by atoms with van der Waals surface area (Å²) in [7, 11) is -3.61. The quantitative estimate of drug-likeness (QED) is 0.641. The van der Waals surface area contributed by atoms with Crippen molar-refractivity contribution in [2.24, 2.45) is 0 Å². The molecule has 0 amide bonds. The second-order valence-electron chi connectivity index (χ2n) is 7.01. The van der Waals surface area contributed by atoms with Crippen LogP contribution in [0.3, 0.4) is 0 Å². The van der Waals surface area contributed by atoms with E-state index in [1.807, 2.05) is 13.0 Å². The Bertz CT molecular complexity index is 1080. The first-order valence-electron chi connectivity index (χ1n) is 9.55. The predicted molar refractivity (Wildman–Crippen MR) is 115 cm³/mol. The van der Waals surface area contributed by atoms with Crippen LogP contribution in [0, 0.1) is 6.92 Å². The second-order valence-corrected chi connectivity index (χ2v) is 8.69. The number of anilines is 4. The zero-order chi connectivity index (χ0) is 20.3. The smallest absolute Gasteiger partial charge is 0.261 e. The van der Waals surface area contributed by atoms with E-state index in [0.29, 0.717) is 11.6 Å². The monoisotopic (exact) mass is 409 g/mol. The van der Waals surface area contributed by atoms with Gasteiger partial charge in [0.2, 0.25) is 5.95 Å². The largest absolute Gasteiger partial charge is 0.356 e. The SMILES string of the molecule is Cc1cc(N2CCCC2)nc(Nc2ccc(NS(=O)(=O)c3ccccc3)cc2)n1. The van der Waals surface area contributed by atoms with Gasteiger partial charge in [-0.05, 0) is 56.2 Å². The maximum absolute atomic E-state index is 12.4. The summed E-state index contributed by atoms with van der Waals surface area (Å²) in [6.45, 7) is 3.99. The van der Waals surface area contributed by atoms with Crippen LogP contribution in [0.1, 0.15) is 18.5 Å². The number of aromatic nitrogens is 2. The molecule has 150 valence electrons. The van der Waals surface area contributed by atoms with Crippen molar-refractivity contribution in [3.8, 4) is 0 Å². The second kappa shape index (κ2) is 8.08. The van der Waals surface area contributed by atoms with Crippen LogP contribution in [-0.4, -0.2) is 31.5 Å². The van der Waals surface area contributed by atoms with E-state index in [1.165, 1.54) is 12.8 Å². The van der Waals surface area contributed by atoms with Gasteiger partial charge in [-0.3, -0.25) is 4.72 Å². The van der Waals surface area contributed by atoms with Crippen molar-refractivity contribution in [3.63, 3.8) is 0 Å². The topological polar surface area (TPSA) is 87.2 Å². The van der Waals surface area contributed by atoms with Crippen molar-refractivity contribution in [2.45, 2.75) is 24.7 Å². The maximum atomic E-state index is 12.4. The molecule has 1 aromatic heterocycles. The Hall–Kier alpha value is -3.13. The van der Waals surface area contributed by atoms with Gasteiger partial charge in [0.1, 0.15) is 5.82 Å². The first kappa shape index (κ1) is 19.2. The molecular weight excluding hydrogens is 386 g/mol. The van der Waals surface area contributed by atoms with Crippen LogP contribution >= 0.6 is 0 Å². The highest BCUT2D eigenvalue weighted by Gasteiger charge is 2.16. The Kier molecular flexibility index (Phi) is 5.35. The molecule has 4 rings (SSSR count). The molecule has 0 radical (unpaired) electrons. The molecule has 1 aliphatic heterocycles. The summed E-state index contributed by atoms with van der Waals surface area (Å²) in [5.41, 5.74) is 2.17. The van der Waals surface area contributed by atoms with Crippen molar-refractivity contribution >= 4 is 33.2 Å². The Morgan fingerprint density at radius 2 is 1.55 bits per heavy atom. The van der Waals surface area contributed by atoms with E-state index in [9.17, 15) is 8.42 Å². The van der Waals surface area contributed by atoms with Gasteiger partial charge in [-0.2, -0.15) is 4.98 Å². The molecule has 0 spiro atoms. The number of nitrogens with one attached hydrogen (secondary N) is 2. The zero-order valence-electron chi connectivity index (χ0n) is 16.2. The summed E-state index contributed by atoms with van der Waals surface area (Å²) in [6, 6.07) is 17.3. The van der Waals surface area contributed by atoms with E-state index < -0.39 is 10.0 Å². The van der Waals surface area contributed by atoms with Gasteiger partial charge in [-0.25, -0.2) is 13.4 Å². The molecule has 1 saturated heterocycles. The third kappa shape index (κ3) is 4.65. The van der Waals surface area contributed by atoms with Gasteiger partial charge in [0.05, 0.1) is 4.90 Å². The molecule has 7 nitrogen and oxygen atoms in total. The first-order chi connectivity index (χ1) is 14.0. The summed E-state index contributed by atoms with van der Waals surface area (Å²) in [5, 5.41) is 3.20. The maximum Gasteiger partial charge on any atom is 0.261 e. The fourth-order valence-electron chi connectivity index (χ4n) is 3.28. The van der Waals surface area contributed by atoms with Crippen LogP contribution in [0.25, 0.3) is 0 Å². The molecule has 3 aromatic rings. The van der Waals surface area contributed by atoms with Crippen molar-refractivity contribution in [3.05, 3.63) is 66.4 Å². The number of rotatable bonds is 6. The van der Waals surface area contributed by atoms with E-state index in [1.54, 1.807) is 54.6 Å². The molecule has 0 atom stereocenters. The van der Waals surface area contributed by atoms with E-state index in [0.717, 1.165) is 30.3 Å². The van der Waals surface area contributed by atoms with Crippen molar-refractivity contribution in [1.29, 1.82) is 0 Å². The molecule has 0 bridgehead atoms. The summed E-state index contributed by atoms with van der Waals surface area (Å²) in [5.74, 6) is 1.47. The van der Waals surface area contributed by atoms with Crippen LogP contribution in [0.5, 0.6) is 0 Å². The molecule has 2 heterocycles. The molecule has 0 unspecified atom stereocenters. The number of aryl methyl sites for hydroxylation is 1. The van der Waals surface area contributed by atoms with Crippen molar-refractivity contribution < 1.29 is 8.42 Å². The van der Waals surface area contributed by atoms with E-state index in [-0.39, 0.29) is 4.90 Å². The Morgan fingerprint density at radius 1 is 0.897 bits per heavy atom.